The smallest absolute Gasteiger partial charge is 0.220 e. The number of hydrogen-bond donors (Lipinski definition) is 1. The molecule has 1 N–H and O–H groups in total. The first-order valence-corrected chi connectivity index (χ1v) is 8.62. The highest BCUT2D eigenvalue weighted by Crippen LogP contribution is 2.19. The van der Waals surface area contributed by atoms with Gasteiger partial charge in [0.2, 0.25) is 5.91 Å². The van der Waals surface area contributed by atoms with E-state index >= 15 is 0 Å². The molecule has 4 nitrogen and oxygen atoms in total. The highest BCUT2D eigenvalue weighted by atomic mass is 32.1. The Hall–Kier alpha value is -2.40. The van der Waals surface area contributed by atoms with Gasteiger partial charge in [-0.2, -0.15) is 16.4 Å². The van der Waals surface area contributed by atoms with E-state index in [2.05, 4.69) is 21.9 Å². The van der Waals surface area contributed by atoms with Gasteiger partial charge in [0, 0.05) is 30.1 Å². The number of amides is 1. The molecule has 0 radical (unpaired) electrons. The van der Waals surface area contributed by atoms with Gasteiger partial charge in [0.15, 0.2) is 0 Å². The Morgan fingerprint density at radius 3 is 2.83 bits per heavy atom. The second-order valence-corrected chi connectivity index (χ2v) is 6.09. The molecule has 0 bridgehead atoms. The molecule has 0 saturated carbocycles. The van der Waals surface area contributed by atoms with Gasteiger partial charge in [0.25, 0.3) is 0 Å². The molecule has 0 fully saturated rings. The minimum atomic E-state index is 0.0825. The van der Waals surface area contributed by atoms with Crippen molar-refractivity contribution in [2.24, 2.45) is 0 Å². The number of carbonyl (C=O) groups excluding carboxylic acids is 1. The second kappa shape index (κ2) is 7.74. The minimum Gasteiger partial charge on any atom is -0.354 e. The highest BCUT2D eigenvalue weighted by molar-refractivity contribution is 7.08. The van der Waals surface area contributed by atoms with Crippen molar-refractivity contribution in [2.75, 3.05) is 6.54 Å². The van der Waals surface area contributed by atoms with Crippen LogP contribution in [0.4, 0.5) is 0 Å². The number of hydrogen-bond acceptors (Lipinski definition) is 3. The van der Waals surface area contributed by atoms with Crippen LogP contribution in [0.5, 0.6) is 0 Å². The van der Waals surface area contributed by atoms with Gasteiger partial charge in [-0.3, -0.25) is 9.48 Å². The van der Waals surface area contributed by atoms with Crippen LogP contribution in [0, 0.1) is 0 Å². The first kappa shape index (κ1) is 15.5. The molecule has 0 spiro atoms. The number of aryl methyl sites for hydroxylation is 1. The van der Waals surface area contributed by atoms with Crippen molar-refractivity contribution in [3.8, 4) is 11.3 Å². The van der Waals surface area contributed by atoms with Crippen LogP contribution in [-0.4, -0.2) is 22.2 Å². The lowest BCUT2D eigenvalue weighted by atomic mass is 10.1. The van der Waals surface area contributed by atoms with Crippen LogP contribution in [0.25, 0.3) is 11.3 Å². The normalized spacial score (nSPS) is 10.6. The molecule has 0 aliphatic rings. The van der Waals surface area contributed by atoms with E-state index < -0.39 is 0 Å². The number of nitrogens with one attached hydrogen (secondary N) is 1. The van der Waals surface area contributed by atoms with Gasteiger partial charge in [-0.05, 0) is 29.5 Å². The minimum absolute atomic E-state index is 0.0825. The van der Waals surface area contributed by atoms with E-state index in [4.69, 9.17) is 0 Å². The monoisotopic (exact) mass is 325 g/mol. The average molecular weight is 325 g/mol. The van der Waals surface area contributed by atoms with Crippen molar-refractivity contribution < 1.29 is 4.79 Å². The SMILES string of the molecule is O=C(CCc1ccccc1)NCCn1ccc(-c2ccsc2)n1. The number of aromatic nitrogens is 2. The maximum atomic E-state index is 11.9. The Bertz CT molecular complexity index is 735. The molecule has 0 atom stereocenters. The lowest BCUT2D eigenvalue weighted by Crippen LogP contribution is -2.27. The maximum Gasteiger partial charge on any atom is 0.220 e. The van der Waals surface area contributed by atoms with Crippen molar-refractivity contribution >= 4 is 17.2 Å². The Labute approximate surface area is 139 Å². The van der Waals surface area contributed by atoms with Gasteiger partial charge in [-0.25, -0.2) is 0 Å². The third-order valence-corrected chi connectivity index (χ3v) is 4.29. The Morgan fingerprint density at radius 1 is 1.17 bits per heavy atom. The standard InChI is InChI=1S/C18H19N3OS/c22-18(7-6-15-4-2-1-3-5-15)19-10-12-21-11-8-17(20-21)16-9-13-23-14-16/h1-5,8-9,11,13-14H,6-7,10,12H2,(H,19,22). The molecule has 1 amide bonds. The summed E-state index contributed by atoms with van der Waals surface area (Å²) in [5, 5.41) is 11.6. The van der Waals surface area contributed by atoms with Gasteiger partial charge in [-0.1, -0.05) is 30.3 Å². The first-order chi connectivity index (χ1) is 11.3. The number of carbonyl (C=O) groups is 1. The summed E-state index contributed by atoms with van der Waals surface area (Å²) in [4.78, 5) is 11.9. The lowest BCUT2D eigenvalue weighted by Gasteiger charge is -2.05. The van der Waals surface area contributed by atoms with E-state index in [0.29, 0.717) is 19.5 Å². The number of benzene rings is 1. The van der Waals surface area contributed by atoms with Gasteiger partial charge in [0.1, 0.15) is 0 Å². The first-order valence-electron chi connectivity index (χ1n) is 7.68. The van der Waals surface area contributed by atoms with Crippen LogP contribution in [0.15, 0.2) is 59.4 Å². The average Bonchev–Trinajstić information content (AvgIpc) is 3.25. The summed E-state index contributed by atoms with van der Waals surface area (Å²) in [5.74, 6) is 0.0825. The van der Waals surface area contributed by atoms with E-state index in [-0.39, 0.29) is 5.91 Å². The Morgan fingerprint density at radius 2 is 2.04 bits per heavy atom. The van der Waals surface area contributed by atoms with Crippen molar-refractivity contribution in [1.29, 1.82) is 0 Å². The van der Waals surface area contributed by atoms with Gasteiger partial charge < -0.3 is 5.32 Å². The molecule has 3 rings (SSSR count). The van der Waals surface area contributed by atoms with Crippen LogP contribution < -0.4 is 5.32 Å². The molecule has 1 aromatic carbocycles. The van der Waals surface area contributed by atoms with Crippen LogP contribution >= 0.6 is 11.3 Å². The fourth-order valence-corrected chi connectivity index (χ4v) is 3.00. The van der Waals surface area contributed by atoms with Crippen molar-refractivity contribution in [1.82, 2.24) is 15.1 Å². The predicted molar refractivity (Wildman–Crippen MR) is 93.3 cm³/mol. The van der Waals surface area contributed by atoms with E-state index in [1.807, 2.05) is 52.7 Å². The summed E-state index contributed by atoms with van der Waals surface area (Å²) >= 11 is 1.66. The predicted octanol–water partition coefficient (Wildman–Crippen LogP) is 3.36. The molecule has 0 saturated heterocycles. The zero-order valence-corrected chi connectivity index (χ0v) is 13.6. The molecule has 0 unspecified atom stereocenters. The van der Waals surface area contributed by atoms with Crippen LogP contribution in [-0.2, 0) is 17.8 Å². The highest BCUT2D eigenvalue weighted by Gasteiger charge is 2.04. The van der Waals surface area contributed by atoms with E-state index in [9.17, 15) is 4.79 Å². The maximum absolute atomic E-state index is 11.9. The van der Waals surface area contributed by atoms with Crippen molar-refractivity contribution in [3.63, 3.8) is 0 Å². The molecule has 5 heteroatoms. The lowest BCUT2D eigenvalue weighted by molar-refractivity contribution is -0.121. The fourth-order valence-electron chi connectivity index (χ4n) is 2.35. The van der Waals surface area contributed by atoms with Crippen LogP contribution in [0.3, 0.4) is 0 Å². The fraction of sp³-hybridized carbons (Fsp3) is 0.222. The zero-order valence-electron chi connectivity index (χ0n) is 12.8. The second-order valence-electron chi connectivity index (χ2n) is 5.31. The molecular weight excluding hydrogens is 306 g/mol. The Kier molecular flexibility index (Phi) is 5.21. The third kappa shape index (κ3) is 4.53. The number of thiophene rings is 1. The van der Waals surface area contributed by atoms with Gasteiger partial charge in [-0.15, -0.1) is 0 Å². The summed E-state index contributed by atoms with van der Waals surface area (Å²) in [6, 6.07) is 14.1. The number of nitrogens with zero attached hydrogens (tertiary/aromatic N) is 2. The molecule has 0 aliphatic carbocycles. The molecular formula is C18H19N3OS. The summed E-state index contributed by atoms with van der Waals surface area (Å²) in [6.45, 7) is 1.28. The third-order valence-electron chi connectivity index (χ3n) is 3.60. The molecule has 2 heterocycles. The number of rotatable bonds is 7. The van der Waals surface area contributed by atoms with Crippen LogP contribution in [0.1, 0.15) is 12.0 Å². The molecule has 23 heavy (non-hydrogen) atoms. The summed E-state index contributed by atoms with van der Waals surface area (Å²) in [7, 11) is 0. The summed E-state index contributed by atoms with van der Waals surface area (Å²) in [6.07, 6.45) is 3.24. The van der Waals surface area contributed by atoms with Gasteiger partial charge >= 0.3 is 0 Å². The van der Waals surface area contributed by atoms with E-state index in [1.54, 1.807) is 11.3 Å². The Balaban J connectivity index is 1.40. The van der Waals surface area contributed by atoms with E-state index in [0.717, 1.165) is 17.7 Å². The van der Waals surface area contributed by atoms with Crippen molar-refractivity contribution in [2.45, 2.75) is 19.4 Å². The quantitative estimate of drug-likeness (QED) is 0.724. The van der Waals surface area contributed by atoms with Gasteiger partial charge in [0.05, 0.1) is 12.2 Å². The molecule has 118 valence electrons. The summed E-state index contributed by atoms with van der Waals surface area (Å²) < 4.78 is 1.87. The topological polar surface area (TPSA) is 46.9 Å². The van der Waals surface area contributed by atoms with E-state index in [1.165, 1.54) is 5.56 Å². The van der Waals surface area contributed by atoms with Crippen LogP contribution in [0.2, 0.25) is 0 Å². The largest absolute Gasteiger partial charge is 0.354 e. The molecule has 2 aromatic heterocycles. The summed E-state index contributed by atoms with van der Waals surface area (Å²) in [5.41, 5.74) is 3.30. The zero-order chi connectivity index (χ0) is 15.9. The molecule has 0 aliphatic heterocycles. The van der Waals surface area contributed by atoms with Crippen molar-refractivity contribution in [3.05, 3.63) is 65.0 Å². The molecule has 3 aromatic rings.